The molecule has 1 aliphatic carbocycles. The van der Waals surface area contributed by atoms with E-state index in [9.17, 15) is 9.18 Å². The molecule has 0 aliphatic heterocycles. The first kappa shape index (κ1) is 21.0. The summed E-state index contributed by atoms with van der Waals surface area (Å²) in [4.78, 5) is 17.7. The Labute approximate surface area is 179 Å². The van der Waals surface area contributed by atoms with Crippen molar-refractivity contribution >= 4 is 11.7 Å². The third-order valence-corrected chi connectivity index (χ3v) is 5.41. The van der Waals surface area contributed by atoms with Gasteiger partial charge in [-0.1, -0.05) is 5.16 Å². The fourth-order valence-electron chi connectivity index (χ4n) is 3.55. The van der Waals surface area contributed by atoms with E-state index in [1.54, 1.807) is 7.11 Å². The lowest BCUT2D eigenvalue weighted by molar-refractivity contribution is 0.0692. The van der Waals surface area contributed by atoms with Gasteiger partial charge in [0.05, 0.1) is 12.2 Å². The molecular formula is C23H24FN3O4. The second kappa shape index (κ2) is 8.85. The van der Waals surface area contributed by atoms with Gasteiger partial charge in [0, 0.05) is 37.0 Å². The van der Waals surface area contributed by atoms with Crippen molar-refractivity contribution in [3.8, 4) is 22.8 Å². The van der Waals surface area contributed by atoms with Gasteiger partial charge < -0.3 is 19.3 Å². The molecular weight excluding hydrogens is 401 g/mol. The monoisotopic (exact) mass is 425 g/mol. The highest BCUT2D eigenvalue weighted by atomic mass is 19.1. The number of rotatable bonds is 9. The zero-order chi connectivity index (χ0) is 22.0. The number of anilines is 1. The highest BCUT2D eigenvalue weighted by molar-refractivity contribution is 5.88. The summed E-state index contributed by atoms with van der Waals surface area (Å²) in [6.45, 7) is 4.56. The Morgan fingerprint density at radius 1 is 1.26 bits per heavy atom. The summed E-state index contributed by atoms with van der Waals surface area (Å²) in [5.41, 5.74) is 2.95. The molecule has 0 radical (unpaired) electrons. The molecule has 162 valence electrons. The van der Waals surface area contributed by atoms with Crippen LogP contribution in [0.3, 0.4) is 0 Å². The number of carbonyl (C=O) groups is 1. The van der Waals surface area contributed by atoms with Gasteiger partial charge in [-0.15, -0.1) is 0 Å². The van der Waals surface area contributed by atoms with Crippen LogP contribution in [0.25, 0.3) is 22.8 Å². The predicted octanol–water partition coefficient (Wildman–Crippen LogP) is 4.41. The van der Waals surface area contributed by atoms with Gasteiger partial charge in [-0.05, 0) is 67.6 Å². The maximum Gasteiger partial charge on any atom is 0.338 e. The molecule has 0 amide bonds. The van der Waals surface area contributed by atoms with Crippen LogP contribution in [0.4, 0.5) is 10.1 Å². The van der Waals surface area contributed by atoms with Crippen LogP contribution in [0, 0.1) is 18.7 Å². The van der Waals surface area contributed by atoms with Gasteiger partial charge in [-0.3, -0.25) is 0 Å². The number of aromatic carboxylic acids is 1. The van der Waals surface area contributed by atoms with E-state index in [1.807, 2.05) is 25.1 Å². The van der Waals surface area contributed by atoms with Crippen LogP contribution in [0.2, 0.25) is 0 Å². The first-order valence-electron chi connectivity index (χ1n) is 10.2. The number of carboxylic acids is 1. The number of benzene rings is 2. The van der Waals surface area contributed by atoms with Crippen molar-refractivity contribution in [1.29, 1.82) is 0 Å². The molecule has 7 nitrogen and oxygen atoms in total. The number of nitrogens with zero attached hydrogens (tertiary/aromatic N) is 3. The molecule has 1 aromatic heterocycles. The first-order chi connectivity index (χ1) is 15.0. The smallest absolute Gasteiger partial charge is 0.338 e. The van der Waals surface area contributed by atoms with Gasteiger partial charge >= 0.3 is 5.97 Å². The Morgan fingerprint density at radius 3 is 2.68 bits per heavy atom. The summed E-state index contributed by atoms with van der Waals surface area (Å²) in [5.74, 6) is -0.902. The van der Waals surface area contributed by atoms with Gasteiger partial charge in [0.15, 0.2) is 0 Å². The summed E-state index contributed by atoms with van der Waals surface area (Å²) in [6, 6.07) is 9.72. The normalized spacial score (nSPS) is 13.4. The number of halogens is 1. The minimum atomic E-state index is -1.32. The molecule has 4 rings (SSSR count). The van der Waals surface area contributed by atoms with Gasteiger partial charge in [-0.25, -0.2) is 9.18 Å². The van der Waals surface area contributed by atoms with Crippen LogP contribution in [-0.2, 0) is 4.74 Å². The number of methoxy groups -OCH3 is 1. The minimum Gasteiger partial charge on any atom is -0.478 e. The number of carboxylic acid groups (broad SMARTS) is 1. The molecule has 0 atom stereocenters. The third kappa shape index (κ3) is 4.74. The molecule has 0 spiro atoms. The summed E-state index contributed by atoms with van der Waals surface area (Å²) >= 11 is 0. The van der Waals surface area contributed by atoms with E-state index >= 15 is 0 Å². The minimum absolute atomic E-state index is 0.197. The molecule has 8 heteroatoms. The average Bonchev–Trinajstić information content (AvgIpc) is 3.42. The second-order valence-electron chi connectivity index (χ2n) is 7.81. The third-order valence-electron chi connectivity index (χ3n) is 5.41. The van der Waals surface area contributed by atoms with Crippen LogP contribution in [0.1, 0.15) is 28.8 Å². The first-order valence-corrected chi connectivity index (χ1v) is 10.2. The zero-order valence-electron chi connectivity index (χ0n) is 17.5. The van der Waals surface area contributed by atoms with E-state index in [2.05, 4.69) is 15.0 Å². The number of aromatic nitrogens is 2. The fourth-order valence-corrected chi connectivity index (χ4v) is 3.55. The lowest BCUT2D eigenvalue weighted by atomic mass is 10.1. The highest BCUT2D eigenvalue weighted by Gasteiger charge is 2.25. The Morgan fingerprint density at radius 2 is 2.03 bits per heavy atom. The summed E-state index contributed by atoms with van der Waals surface area (Å²) in [7, 11) is 1.71. The van der Waals surface area contributed by atoms with Gasteiger partial charge in [-0.2, -0.15) is 4.98 Å². The van der Waals surface area contributed by atoms with Gasteiger partial charge in [0.2, 0.25) is 5.82 Å². The molecule has 31 heavy (non-hydrogen) atoms. The van der Waals surface area contributed by atoms with E-state index < -0.39 is 17.3 Å². The summed E-state index contributed by atoms with van der Waals surface area (Å²) < 4.78 is 24.6. The topological polar surface area (TPSA) is 88.7 Å². The molecule has 1 aliphatic rings. The maximum atomic E-state index is 14.0. The fraction of sp³-hybridized carbons (Fsp3) is 0.348. The Hall–Kier alpha value is -3.26. The van der Waals surface area contributed by atoms with E-state index in [0.29, 0.717) is 18.1 Å². The molecule has 2 aromatic carbocycles. The standard InChI is InChI=1S/C23H24FN3O4/c1-14-11-17(6-8-20(14)27(9-10-30-2)13-15-3-4-15)22-25-21(26-31-22)16-5-7-18(23(28)29)19(24)12-16/h5-8,11-12,15H,3-4,9-10,13H2,1-2H3,(H,28,29). The molecule has 1 N–H and O–H groups in total. The number of aryl methyl sites for hydroxylation is 1. The molecule has 1 heterocycles. The summed E-state index contributed by atoms with van der Waals surface area (Å²) in [6.07, 6.45) is 2.55. The number of hydrogen-bond acceptors (Lipinski definition) is 6. The molecule has 0 unspecified atom stereocenters. The molecule has 3 aromatic rings. The average molecular weight is 425 g/mol. The zero-order valence-corrected chi connectivity index (χ0v) is 17.5. The van der Waals surface area contributed by atoms with Crippen LogP contribution in [-0.4, -0.2) is 48.0 Å². The van der Waals surface area contributed by atoms with Crippen LogP contribution in [0.5, 0.6) is 0 Å². The number of hydrogen-bond donors (Lipinski definition) is 1. The summed E-state index contributed by atoms with van der Waals surface area (Å²) in [5, 5.41) is 12.9. The maximum absolute atomic E-state index is 14.0. The van der Waals surface area contributed by atoms with Crippen molar-refractivity contribution in [2.24, 2.45) is 5.92 Å². The molecule has 1 fully saturated rings. The van der Waals surface area contributed by atoms with Crippen LogP contribution in [0.15, 0.2) is 40.9 Å². The lowest BCUT2D eigenvalue weighted by Gasteiger charge is -2.26. The highest BCUT2D eigenvalue weighted by Crippen LogP contribution is 2.33. The van der Waals surface area contributed by atoms with E-state index in [1.165, 1.54) is 25.0 Å². The number of ether oxygens (including phenoxy) is 1. The van der Waals surface area contributed by atoms with Crippen LogP contribution < -0.4 is 4.90 Å². The van der Waals surface area contributed by atoms with Crippen molar-refractivity contribution in [2.45, 2.75) is 19.8 Å². The Balaban J connectivity index is 1.56. The second-order valence-corrected chi connectivity index (χ2v) is 7.81. The molecule has 0 bridgehead atoms. The van der Waals surface area contributed by atoms with E-state index in [-0.39, 0.29) is 5.82 Å². The largest absolute Gasteiger partial charge is 0.478 e. The van der Waals surface area contributed by atoms with E-state index in [0.717, 1.165) is 41.9 Å². The lowest BCUT2D eigenvalue weighted by Crippen LogP contribution is -2.30. The van der Waals surface area contributed by atoms with Gasteiger partial charge in [0.1, 0.15) is 5.82 Å². The Kier molecular flexibility index (Phi) is 5.99. The van der Waals surface area contributed by atoms with Gasteiger partial charge in [0.25, 0.3) is 5.89 Å². The van der Waals surface area contributed by atoms with Crippen molar-refractivity contribution in [2.75, 3.05) is 31.7 Å². The molecule has 1 saturated carbocycles. The van der Waals surface area contributed by atoms with Crippen molar-refractivity contribution in [3.05, 3.63) is 53.3 Å². The predicted molar refractivity (Wildman–Crippen MR) is 114 cm³/mol. The van der Waals surface area contributed by atoms with E-state index in [4.69, 9.17) is 14.4 Å². The quantitative estimate of drug-likeness (QED) is 0.543. The van der Waals surface area contributed by atoms with Crippen molar-refractivity contribution in [3.63, 3.8) is 0 Å². The molecule has 0 saturated heterocycles. The van der Waals surface area contributed by atoms with Crippen molar-refractivity contribution in [1.82, 2.24) is 10.1 Å². The Bertz CT molecular complexity index is 1090. The van der Waals surface area contributed by atoms with Crippen LogP contribution >= 0.6 is 0 Å². The SMILES string of the molecule is COCCN(CC1CC1)c1ccc(-c2nc(-c3ccc(C(=O)O)c(F)c3)no2)cc1C. The van der Waals surface area contributed by atoms with Crippen molar-refractivity contribution < 1.29 is 23.6 Å².